The molecule has 0 saturated carbocycles. The van der Waals surface area contributed by atoms with Crippen LogP contribution in [0.5, 0.6) is 0 Å². The zero-order valence-corrected chi connectivity index (χ0v) is 16.2. The summed E-state index contributed by atoms with van der Waals surface area (Å²) in [5, 5.41) is 4.87. The monoisotopic (exact) mass is 401 g/mol. The average molecular weight is 402 g/mol. The lowest BCUT2D eigenvalue weighted by Gasteiger charge is -2.35. The molecule has 0 bridgehead atoms. The van der Waals surface area contributed by atoms with Gasteiger partial charge in [0, 0.05) is 22.7 Å². The van der Waals surface area contributed by atoms with Gasteiger partial charge in [0.25, 0.3) is 5.91 Å². The Bertz CT molecular complexity index is 852. The van der Waals surface area contributed by atoms with Crippen LogP contribution in [0.4, 0.5) is 0 Å². The highest BCUT2D eigenvalue weighted by molar-refractivity contribution is 7.99. The number of thiophene rings is 1. The molecule has 140 valence electrons. The summed E-state index contributed by atoms with van der Waals surface area (Å²) in [6.07, 6.45) is 0. The Balaban J connectivity index is 1.37. The maximum Gasteiger partial charge on any atom is 0.251 e. The van der Waals surface area contributed by atoms with E-state index in [0.717, 1.165) is 10.4 Å². The zero-order valence-electron chi connectivity index (χ0n) is 14.6. The number of carbonyl (C=O) groups is 3. The quantitative estimate of drug-likeness (QED) is 0.831. The third-order valence-electron chi connectivity index (χ3n) is 4.72. The summed E-state index contributed by atoms with van der Waals surface area (Å²) in [5.41, 5.74) is 1.49. The normalized spacial score (nSPS) is 19.3. The molecule has 2 aliphatic heterocycles. The third-order valence-corrected chi connectivity index (χ3v) is 6.61. The van der Waals surface area contributed by atoms with Crippen LogP contribution in [-0.4, -0.2) is 51.7 Å². The highest BCUT2D eigenvalue weighted by Gasteiger charge is 2.42. The van der Waals surface area contributed by atoms with E-state index >= 15 is 0 Å². The molecule has 0 unspecified atom stereocenters. The minimum Gasteiger partial charge on any atom is -0.347 e. The van der Waals surface area contributed by atoms with E-state index in [2.05, 4.69) is 5.32 Å². The lowest BCUT2D eigenvalue weighted by Crippen LogP contribution is -2.57. The fraction of sp³-hybridized carbons (Fsp3) is 0.316. The van der Waals surface area contributed by atoms with E-state index in [0.29, 0.717) is 30.3 Å². The fourth-order valence-corrected chi connectivity index (χ4v) is 5.05. The van der Waals surface area contributed by atoms with Crippen molar-refractivity contribution in [3.63, 3.8) is 0 Å². The Morgan fingerprint density at radius 1 is 1.19 bits per heavy atom. The molecule has 1 N–H and O–H groups in total. The van der Waals surface area contributed by atoms with Crippen molar-refractivity contribution >= 4 is 40.8 Å². The summed E-state index contributed by atoms with van der Waals surface area (Å²) in [6.45, 7) is 1.02. The van der Waals surface area contributed by atoms with Crippen LogP contribution >= 0.6 is 23.1 Å². The Hall–Kier alpha value is -2.32. The summed E-state index contributed by atoms with van der Waals surface area (Å²) < 4.78 is 0. The molecule has 2 fully saturated rings. The van der Waals surface area contributed by atoms with E-state index in [1.165, 1.54) is 0 Å². The number of nitrogens with zero attached hydrogens (tertiary/aromatic N) is 2. The first kappa shape index (κ1) is 18.1. The maximum absolute atomic E-state index is 12.6. The van der Waals surface area contributed by atoms with Crippen molar-refractivity contribution in [2.75, 3.05) is 18.2 Å². The summed E-state index contributed by atoms with van der Waals surface area (Å²) in [5.74, 6) is 1.17. The number of piperazine rings is 1. The van der Waals surface area contributed by atoms with Crippen molar-refractivity contribution in [1.29, 1.82) is 0 Å². The fourth-order valence-electron chi connectivity index (χ4n) is 3.23. The first-order chi connectivity index (χ1) is 13.1. The van der Waals surface area contributed by atoms with E-state index in [4.69, 9.17) is 0 Å². The van der Waals surface area contributed by atoms with Gasteiger partial charge in [-0.3, -0.25) is 14.4 Å². The average Bonchev–Trinajstić information content (AvgIpc) is 3.36. The topological polar surface area (TPSA) is 69.7 Å². The van der Waals surface area contributed by atoms with Gasteiger partial charge in [-0.25, -0.2) is 0 Å². The molecular weight excluding hydrogens is 382 g/mol. The van der Waals surface area contributed by atoms with Crippen molar-refractivity contribution < 1.29 is 14.4 Å². The molecule has 3 heterocycles. The largest absolute Gasteiger partial charge is 0.347 e. The Morgan fingerprint density at radius 2 is 2.00 bits per heavy atom. The van der Waals surface area contributed by atoms with Crippen LogP contribution in [0.1, 0.15) is 20.8 Å². The number of nitrogens with one attached hydrogen (secondary N) is 1. The maximum atomic E-state index is 12.6. The van der Waals surface area contributed by atoms with Gasteiger partial charge in [-0.05, 0) is 29.1 Å². The minimum atomic E-state index is -0.321. The predicted molar refractivity (Wildman–Crippen MR) is 105 cm³/mol. The lowest BCUT2D eigenvalue weighted by molar-refractivity contribution is -0.153. The van der Waals surface area contributed by atoms with Crippen molar-refractivity contribution in [1.82, 2.24) is 15.1 Å². The molecule has 1 atom stereocenters. The molecule has 0 spiro atoms. The van der Waals surface area contributed by atoms with Crippen molar-refractivity contribution in [2.45, 2.75) is 19.1 Å². The molecule has 27 heavy (non-hydrogen) atoms. The second-order valence-corrected chi connectivity index (χ2v) is 8.56. The van der Waals surface area contributed by atoms with Crippen LogP contribution in [-0.2, 0) is 22.7 Å². The molecule has 4 rings (SSSR count). The third kappa shape index (κ3) is 3.86. The molecule has 6 nitrogen and oxygen atoms in total. The van der Waals surface area contributed by atoms with Gasteiger partial charge >= 0.3 is 0 Å². The summed E-state index contributed by atoms with van der Waals surface area (Å²) in [7, 11) is 0. The van der Waals surface area contributed by atoms with Crippen molar-refractivity contribution in [3.8, 4) is 0 Å². The summed E-state index contributed by atoms with van der Waals surface area (Å²) in [6, 6.07) is 10.8. The van der Waals surface area contributed by atoms with Gasteiger partial charge in [0.1, 0.15) is 12.6 Å². The molecule has 0 aliphatic carbocycles. The Morgan fingerprint density at radius 3 is 2.74 bits per heavy atom. The van der Waals surface area contributed by atoms with E-state index in [-0.39, 0.29) is 30.3 Å². The van der Waals surface area contributed by atoms with Crippen LogP contribution in [0, 0.1) is 0 Å². The van der Waals surface area contributed by atoms with Gasteiger partial charge in [-0.15, -0.1) is 23.1 Å². The standard InChI is InChI=1S/C19H19N3O3S2/c23-17-10-21(19(25)16-11-26-12-22(16)17)9-13-3-5-14(6-4-13)18(24)20-8-15-2-1-7-27-15/h1-7,16H,8-12H2,(H,20,24)/t16-/m0/s1. The molecule has 8 heteroatoms. The molecule has 1 aromatic carbocycles. The smallest absolute Gasteiger partial charge is 0.251 e. The highest BCUT2D eigenvalue weighted by Crippen LogP contribution is 2.26. The number of rotatable bonds is 5. The van der Waals surface area contributed by atoms with E-state index in [1.807, 2.05) is 29.6 Å². The van der Waals surface area contributed by atoms with Gasteiger partial charge in [0.15, 0.2) is 0 Å². The van der Waals surface area contributed by atoms with E-state index in [1.54, 1.807) is 45.0 Å². The molecule has 2 saturated heterocycles. The van der Waals surface area contributed by atoms with Crippen molar-refractivity contribution in [2.24, 2.45) is 0 Å². The molecule has 2 aliphatic rings. The Kier molecular flexibility index (Phi) is 5.18. The second-order valence-electron chi connectivity index (χ2n) is 6.53. The van der Waals surface area contributed by atoms with E-state index in [9.17, 15) is 14.4 Å². The molecule has 1 aromatic heterocycles. The number of carbonyl (C=O) groups excluding carboxylic acids is 3. The number of thioether (sulfide) groups is 1. The number of benzene rings is 1. The number of hydrogen-bond donors (Lipinski definition) is 1. The molecule has 3 amide bonds. The minimum absolute atomic E-state index is 0.00850. The molecular formula is C19H19N3O3S2. The van der Waals surface area contributed by atoms with Crippen LogP contribution in [0.25, 0.3) is 0 Å². The summed E-state index contributed by atoms with van der Waals surface area (Å²) >= 11 is 3.22. The van der Waals surface area contributed by atoms with Crippen LogP contribution in [0.2, 0.25) is 0 Å². The first-order valence-electron chi connectivity index (χ1n) is 8.67. The summed E-state index contributed by atoms with van der Waals surface area (Å²) in [4.78, 5) is 41.4. The predicted octanol–water partition coefficient (Wildman–Crippen LogP) is 1.92. The number of hydrogen-bond acceptors (Lipinski definition) is 5. The SMILES string of the molecule is O=C(NCc1cccs1)c1ccc(CN2CC(=O)N3CSC[C@H]3C2=O)cc1. The molecule has 2 aromatic rings. The Labute approximate surface area is 165 Å². The number of amides is 3. The van der Waals surface area contributed by atoms with Gasteiger partial charge < -0.3 is 15.1 Å². The van der Waals surface area contributed by atoms with Gasteiger partial charge in [-0.2, -0.15) is 0 Å². The second kappa shape index (κ2) is 7.74. The van der Waals surface area contributed by atoms with Gasteiger partial charge in [0.2, 0.25) is 11.8 Å². The van der Waals surface area contributed by atoms with Crippen molar-refractivity contribution in [3.05, 3.63) is 57.8 Å². The van der Waals surface area contributed by atoms with Gasteiger partial charge in [-0.1, -0.05) is 18.2 Å². The van der Waals surface area contributed by atoms with E-state index < -0.39 is 0 Å². The highest BCUT2D eigenvalue weighted by atomic mass is 32.2. The number of fused-ring (bicyclic) bond motifs is 1. The lowest BCUT2D eigenvalue weighted by atomic mass is 10.1. The van der Waals surface area contributed by atoms with Crippen LogP contribution < -0.4 is 5.32 Å². The molecule has 0 radical (unpaired) electrons. The van der Waals surface area contributed by atoms with Crippen LogP contribution in [0.3, 0.4) is 0 Å². The first-order valence-corrected chi connectivity index (χ1v) is 10.7. The van der Waals surface area contributed by atoms with Crippen LogP contribution in [0.15, 0.2) is 41.8 Å². The van der Waals surface area contributed by atoms with Gasteiger partial charge in [0.05, 0.1) is 12.4 Å². The zero-order chi connectivity index (χ0) is 18.8.